The molecular formula is C36H34B2. The molecule has 0 spiro atoms. The Balaban J connectivity index is 1.92. The Morgan fingerprint density at radius 1 is 0.395 bits per heavy atom. The number of hydrogen-bond donors (Lipinski definition) is 0. The molecule has 0 atom stereocenters. The van der Waals surface area contributed by atoms with Crippen molar-refractivity contribution in [2.45, 2.75) is 27.7 Å². The molecule has 0 saturated carbocycles. The lowest BCUT2D eigenvalue weighted by molar-refractivity contribution is 1.55. The highest BCUT2D eigenvalue weighted by Gasteiger charge is 2.41. The van der Waals surface area contributed by atoms with Crippen LogP contribution in [0.25, 0.3) is 22.3 Å². The van der Waals surface area contributed by atoms with Crippen molar-refractivity contribution in [1.82, 2.24) is 0 Å². The summed E-state index contributed by atoms with van der Waals surface area (Å²) < 4.78 is 0. The first kappa shape index (κ1) is 25.6. The molecule has 184 valence electrons. The maximum atomic E-state index is 4.37. The molecule has 0 amide bonds. The summed E-state index contributed by atoms with van der Waals surface area (Å²) in [6.07, 6.45) is 0. The molecule has 0 aliphatic carbocycles. The third-order valence-corrected chi connectivity index (χ3v) is 7.86. The molecule has 4 aromatic rings. The van der Waals surface area contributed by atoms with Crippen LogP contribution in [0.2, 0.25) is 0 Å². The maximum absolute atomic E-state index is 4.37. The van der Waals surface area contributed by atoms with Gasteiger partial charge in [-0.3, -0.25) is 0 Å². The van der Waals surface area contributed by atoms with Crippen LogP contribution in [0.5, 0.6) is 0 Å². The van der Waals surface area contributed by atoms with Crippen molar-refractivity contribution in [1.29, 1.82) is 0 Å². The molecule has 5 rings (SSSR count). The minimum atomic E-state index is 0.0727. The van der Waals surface area contributed by atoms with Crippen molar-refractivity contribution < 1.29 is 0 Å². The van der Waals surface area contributed by atoms with Gasteiger partial charge in [-0.25, -0.2) is 0 Å². The molecule has 2 heteroatoms. The van der Waals surface area contributed by atoms with Gasteiger partial charge in [0, 0.05) is 0 Å². The van der Waals surface area contributed by atoms with Gasteiger partial charge in [0.1, 0.15) is 0 Å². The SMILES string of the molecule is C=C(C)c1cccc(C(=C)C)c1B1c2ccccc2B(c2c(C(=C)C)cccc2C(=C)C)c2ccccc21. The van der Waals surface area contributed by atoms with Crippen LogP contribution in [-0.4, -0.2) is 13.4 Å². The van der Waals surface area contributed by atoms with Gasteiger partial charge in [-0.05, 0) is 49.9 Å². The second kappa shape index (κ2) is 10.0. The van der Waals surface area contributed by atoms with Crippen molar-refractivity contribution in [2.24, 2.45) is 0 Å². The third-order valence-electron chi connectivity index (χ3n) is 7.86. The van der Waals surface area contributed by atoms with E-state index in [0.717, 1.165) is 22.3 Å². The molecule has 0 aromatic heterocycles. The fraction of sp³-hybridized carbons (Fsp3) is 0.111. The summed E-state index contributed by atoms with van der Waals surface area (Å²) in [5.41, 5.74) is 17.0. The normalized spacial score (nSPS) is 12.0. The minimum absolute atomic E-state index is 0.0727. The van der Waals surface area contributed by atoms with Crippen molar-refractivity contribution in [3.63, 3.8) is 0 Å². The van der Waals surface area contributed by atoms with Crippen LogP contribution in [0, 0.1) is 0 Å². The zero-order valence-corrected chi connectivity index (χ0v) is 23.1. The highest BCUT2D eigenvalue weighted by molar-refractivity contribution is 7.11. The minimum Gasteiger partial charge on any atom is -0.0955 e. The van der Waals surface area contributed by atoms with Gasteiger partial charge in [0.25, 0.3) is 0 Å². The summed E-state index contributed by atoms with van der Waals surface area (Å²) in [5, 5.41) is 0. The zero-order valence-electron chi connectivity index (χ0n) is 23.1. The first-order chi connectivity index (χ1) is 18.2. The number of hydrogen-bond acceptors (Lipinski definition) is 0. The van der Waals surface area contributed by atoms with E-state index >= 15 is 0 Å². The second-order valence-corrected chi connectivity index (χ2v) is 10.8. The monoisotopic (exact) mass is 488 g/mol. The molecule has 0 unspecified atom stereocenters. The van der Waals surface area contributed by atoms with E-state index in [1.807, 2.05) is 0 Å². The molecule has 0 fully saturated rings. The molecule has 1 heterocycles. The zero-order chi connectivity index (χ0) is 27.1. The molecule has 0 radical (unpaired) electrons. The van der Waals surface area contributed by atoms with E-state index < -0.39 is 0 Å². The number of benzene rings is 4. The topological polar surface area (TPSA) is 0 Å². The quantitative estimate of drug-likeness (QED) is 0.290. The molecular weight excluding hydrogens is 454 g/mol. The van der Waals surface area contributed by atoms with Crippen LogP contribution in [0.4, 0.5) is 0 Å². The van der Waals surface area contributed by atoms with Gasteiger partial charge in [-0.15, -0.1) is 0 Å². The van der Waals surface area contributed by atoms with E-state index in [-0.39, 0.29) is 13.4 Å². The lowest BCUT2D eigenvalue weighted by Gasteiger charge is -2.35. The van der Waals surface area contributed by atoms with Gasteiger partial charge in [0.05, 0.1) is 0 Å². The Morgan fingerprint density at radius 3 is 0.842 bits per heavy atom. The van der Waals surface area contributed by atoms with E-state index in [1.54, 1.807) is 0 Å². The van der Waals surface area contributed by atoms with E-state index in [0.29, 0.717) is 0 Å². The molecule has 38 heavy (non-hydrogen) atoms. The lowest BCUT2D eigenvalue weighted by atomic mass is 9.20. The predicted molar refractivity (Wildman–Crippen MR) is 174 cm³/mol. The Labute approximate surface area is 229 Å². The summed E-state index contributed by atoms with van der Waals surface area (Å²) in [7, 11) is 0. The summed E-state index contributed by atoms with van der Waals surface area (Å²) >= 11 is 0. The van der Waals surface area contributed by atoms with Crippen LogP contribution in [0.15, 0.2) is 111 Å². The van der Waals surface area contributed by atoms with Gasteiger partial charge in [-0.2, -0.15) is 0 Å². The first-order valence-electron chi connectivity index (χ1n) is 13.3. The fourth-order valence-corrected chi connectivity index (χ4v) is 6.27. The average molecular weight is 488 g/mol. The third kappa shape index (κ3) is 4.15. The van der Waals surface area contributed by atoms with Crippen molar-refractivity contribution >= 4 is 68.5 Å². The van der Waals surface area contributed by atoms with Gasteiger partial charge in [0.2, 0.25) is 13.4 Å². The molecule has 0 N–H and O–H groups in total. The van der Waals surface area contributed by atoms with E-state index in [9.17, 15) is 0 Å². The smallest absolute Gasteiger partial charge is 0.0955 e. The highest BCUT2D eigenvalue weighted by Crippen LogP contribution is 2.21. The summed E-state index contributed by atoms with van der Waals surface area (Å²) in [5.74, 6) is 0. The van der Waals surface area contributed by atoms with Crippen LogP contribution < -0.4 is 32.8 Å². The van der Waals surface area contributed by atoms with Crippen LogP contribution >= 0.6 is 0 Å². The van der Waals surface area contributed by atoms with Gasteiger partial charge in [0.15, 0.2) is 0 Å². The van der Waals surface area contributed by atoms with Crippen LogP contribution in [-0.2, 0) is 0 Å². The van der Waals surface area contributed by atoms with E-state index in [1.165, 1.54) is 55.0 Å². The van der Waals surface area contributed by atoms with Crippen LogP contribution in [0.1, 0.15) is 49.9 Å². The first-order valence-corrected chi connectivity index (χ1v) is 13.3. The number of allylic oxidation sites excluding steroid dienone is 4. The second-order valence-electron chi connectivity index (χ2n) is 10.8. The molecule has 1 aliphatic rings. The number of fused-ring (bicyclic) bond motifs is 2. The molecule has 4 aromatic carbocycles. The fourth-order valence-electron chi connectivity index (χ4n) is 6.27. The van der Waals surface area contributed by atoms with Crippen molar-refractivity contribution in [3.8, 4) is 0 Å². The van der Waals surface area contributed by atoms with Crippen molar-refractivity contribution in [2.75, 3.05) is 0 Å². The van der Waals surface area contributed by atoms with Gasteiger partial charge < -0.3 is 0 Å². The Kier molecular flexibility index (Phi) is 6.76. The van der Waals surface area contributed by atoms with Gasteiger partial charge >= 0.3 is 0 Å². The Hall–Kier alpha value is -4.03. The highest BCUT2D eigenvalue weighted by atomic mass is 14.2. The van der Waals surface area contributed by atoms with Crippen LogP contribution in [0.3, 0.4) is 0 Å². The predicted octanol–water partition coefficient (Wildman–Crippen LogP) is 5.16. The standard InChI is InChI=1S/C36H34B2/c1-23(2)27-15-13-16-28(24(3)4)35(27)37-31-19-9-11-21-33(31)38(34-22-12-10-20-32(34)37)36-29(25(5)6)17-14-18-30(36)26(7)8/h9-22H,1,3,5,7H2,2,4,6,8H3. The lowest BCUT2D eigenvalue weighted by Crippen LogP contribution is -2.76. The van der Waals surface area contributed by atoms with Gasteiger partial charge in [-0.1, -0.05) is 166 Å². The molecule has 1 aliphatic heterocycles. The van der Waals surface area contributed by atoms with Crippen molar-refractivity contribution in [3.05, 3.63) is 133 Å². The van der Waals surface area contributed by atoms with E-state index in [2.05, 4.69) is 139 Å². The average Bonchev–Trinajstić information content (AvgIpc) is 2.90. The summed E-state index contributed by atoms with van der Waals surface area (Å²) in [6.45, 7) is 26.0. The largest absolute Gasteiger partial charge is 0.241 e. The number of rotatable bonds is 6. The Morgan fingerprint density at radius 2 is 0.632 bits per heavy atom. The summed E-state index contributed by atoms with van der Waals surface area (Å²) in [4.78, 5) is 0. The van der Waals surface area contributed by atoms with E-state index in [4.69, 9.17) is 0 Å². The maximum Gasteiger partial charge on any atom is 0.241 e. The molecule has 0 nitrogen and oxygen atoms in total. The molecule has 0 saturated heterocycles. The Bertz CT molecular complexity index is 1400. The molecule has 0 bridgehead atoms. The summed E-state index contributed by atoms with van der Waals surface area (Å²) in [6, 6.07) is 31.0.